The minimum Gasteiger partial charge on any atom is -0.393 e. The summed E-state index contributed by atoms with van der Waals surface area (Å²) in [6, 6.07) is 5.22. The number of piperidine rings is 1. The molecule has 0 bridgehead atoms. The molecular weight excluding hydrogens is 244 g/mol. The molecule has 1 aliphatic rings. The van der Waals surface area contributed by atoms with Crippen LogP contribution in [0.1, 0.15) is 24.5 Å². The van der Waals surface area contributed by atoms with Crippen LogP contribution in [0.2, 0.25) is 0 Å². The molecule has 0 radical (unpaired) electrons. The Bertz CT molecular complexity index is 476. The minimum absolute atomic E-state index is 0.183. The molecule has 19 heavy (non-hydrogen) atoms. The van der Waals surface area contributed by atoms with E-state index in [0.29, 0.717) is 6.54 Å². The quantitative estimate of drug-likeness (QED) is 0.670. The van der Waals surface area contributed by atoms with Crippen LogP contribution in [-0.4, -0.2) is 34.1 Å². The van der Waals surface area contributed by atoms with Crippen LogP contribution < -0.4 is 0 Å². The van der Waals surface area contributed by atoms with Crippen molar-refractivity contribution in [3.8, 4) is 0 Å². The van der Waals surface area contributed by atoms with E-state index in [1.807, 2.05) is 13.0 Å². The molecule has 1 saturated heterocycles. The highest BCUT2D eigenvalue weighted by atomic mass is 16.6. The molecule has 1 heterocycles. The van der Waals surface area contributed by atoms with Crippen LogP contribution in [0.25, 0.3) is 0 Å². The fraction of sp³-hybridized carbons (Fsp3) is 0.571. The summed E-state index contributed by atoms with van der Waals surface area (Å²) in [5, 5.41) is 20.6. The van der Waals surface area contributed by atoms with E-state index >= 15 is 0 Å². The first-order chi connectivity index (χ1) is 8.99. The molecule has 1 N–H and O–H groups in total. The third kappa shape index (κ3) is 3.11. The summed E-state index contributed by atoms with van der Waals surface area (Å²) in [4.78, 5) is 12.8. The van der Waals surface area contributed by atoms with E-state index in [2.05, 4.69) is 4.90 Å². The van der Waals surface area contributed by atoms with Gasteiger partial charge in [-0.2, -0.15) is 0 Å². The highest BCUT2D eigenvalue weighted by Gasteiger charge is 2.25. The van der Waals surface area contributed by atoms with Crippen molar-refractivity contribution in [3.05, 3.63) is 39.4 Å². The number of nitro groups is 1. The lowest BCUT2D eigenvalue weighted by Crippen LogP contribution is -2.41. The van der Waals surface area contributed by atoms with E-state index in [1.54, 1.807) is 19.1 Å². The van der Waals surface area contributed by atoms with Gasteiger partial charge in [-0.25, -0.2) is 0 Å². The van der Waals surface area contributed by atoms with Crippen LogP contribution in [0.15, 0.2) is 18.2 Å². The monoisotopic (exact) mass is 264 g/mol. The fourth-order valence-electron chi connectivity index (χ4n) is 2.64. The van der Waals surface area contributed by atoms with Crippen LogP contribution in [0.4, 0.5) is 5.69 Å². The highest BCUT2D eigenvalue weighted by Crippen LogP contribution is 2.24. The third-order valence-electron chi connectivity index (χ3n) is 3.95. The summed E-state index contributed by atoms with van der Waals surface area (Å²) in [6.07, 6.45) is 0.553. The van der Waals surface area contributed by atoms with Crippen molar-refractivity contribution in [2.45, 2.75) is 32.9 Å². The summed E-state index contributed by atoms with van der Waals surface area (Å²) in [6.45, 7) is 6.23. The first-order valence-electron chi connectivity index (χ1n) is 6.62. The van der Waals surface area contributed by atoms with E-state index in [-0.39, 0.29) is 22.6 Å². The molecule has 1 aliphatic heterocycles. The van der Waals surface area contributed by atoms with E-state index in [4.69, 9.17) is 0 Å². The average molecular weight is 264 g/mol. The zero-order valence-electron chi connectivity index (χ0n) is 11.4. The van der Waals surface area contributed by atoms with Crippen molar-refractivity contribution >= 4 is 5.69 Å². The largest absolute Gasteiger partial charge is 0.393 e. The maximum absolute atomic E-state index is 10.9. The maximum atomic E-state index is 10.9. The van der Waals surface area contributed by atoms with Gasteiger partial charge in [-0.1, -0.05) is 19.1 Å². The van der Waals surface area contributed by atoms with Crippen molar-refractivity contribution in [3.63, 3.8) is 0 Å². The van der Waals surface area contributed by atoms with Crippen LogP contribution in [0, 0.1) is 23.0 Å². The smallest absolute Gasteiger partial charge is 0.272 e. The Balaban J connectivity index is 2.11. The number of likely N-dealkylation sites (tertiary alicyclic amines) is 1. The Morgan fingerprint density at radius 3 is 2.89 bits per heavy atom. The molecule has 2 atom stereocenters. The second-order valence-corrected chi connectivity index (χ2v) is 5.39. The molecule has 0 aromatic heterocycles. The van der Waals surface area contributed by atoms with E-state index in [1.165, 1.54) is 0 Å². The minimum atomic E-state index is -0.332. The second-order valence-electron chi connectivity index (χ2n) is 5.39. The molecule has 0 amide bonds. The van der Waals surface area contributed by atoms with Crippen molar-refractivity contribution in [2.75, 3.05) is 13.1 Å². The third-order valence-corrected chi connectivity index (χ3v) is 3.95. The lowest BCUT2D eigenvalue weighted by atomic mass is 9.96. The summed E-state index contributed by atoms with van der Waals surface area (Å²) >= 11 is 0. The molecular formula is C14H20N2O3. The SMILES string of the molecule is Cc1c(CN2CCC(O)C(C)C2)cccc1[N+](=O)[O-]. The van der Waals surface area contributed by atoms with Gasteiger partial charge in [0.15, 0.2) is 0 Å². The van der Waals surface area contributed by atoms with Gasteiger partial charge in [0.25, 0.3) is 5.69 Å². The molecule has 0 saturated carbocycles. The van der Waals surface area contributed by atoms with Gasteiger partial charge < -0.3 is 5.11 Å². The topological polar surface area (TPSA) is 66.6 Å². The van der Waals surface area contributed by atoms with Gasteiger partial charge in [-0.05, 0) is 24.8 Å². The predicted molar refractivity (Wildman–Crippen MR) is 72.9 cm³/mol. The molecule has 5 nitrogen and oxygen atoms in total. The van der Waals surface area contributed by atoms with Gasteiger partial charge in [0, 0.05) is 31.3 Å². The van der Waals surface area contributed by atoms with Gasteiger partial charge in [-0.15, -0.1) is 0 Å². The van der Waals surface area contributed by atoms with Gasteiger partial charge >= 0.3 is 0 Å². The van der Waals surface area contributed by atoms with Crippen molar-refractivity contribution in [2.24, 2.45) is 5.92 Å². The number of rotatable bonds is 3. The molecule has 1 aromatic rings. The number of aliphatic hydroxyl groups is 1. The van der Waals surface area contributed by atoms with Crippen molar-refractivity contribution in [1.29, 1.82) is 0 Å². The van der Waals surface area contributed by atoms with Crippen molar-refractivity contribution in [1.82, 2.24) is 4.90 Å². The van der Waals surface area contributed by atoms with Crippen LogP contribution in [-0.2, 0) is 6.54 Å². The normalized spacial score (nSPS) is 24.4. The van der Waals surface area contributed by atoms with Crippen LogP contribution in [0.5, 0.6) is 0 Å². The number of nitro benzene ring substituents is 1. The standard InChI is InChI=1S/C14H20N2O3/c1-10-8-15(7-6-14(10)17)9-12-4-3-5-13(11(12)2)16(18)19/h3-5,10,14,17H,6-9H2,1-2H3. The molecule has 104 valence electrons. The Kier molecular flexibility index (Phi) is 4.17. The Morgan fingerprint density at radius 1 is 1.53 bits per heavy atom. The van der Waals surface area contributed by atoms with E-state index in [0.717, 1.165) is 30.6 Å². The first kappa shape index (κ1) is 14.0. The molecule has 2 rings (SSSR count). The zero-order valence-corrected chi connectivity index (χ0v) is 11.4. The van der Waals surface area contributed by atoms with E-state index < -0.39 is 0 Å². The lowest BCUT2D eigenvalue weighted by molar-refractivity contribution is -0.385. The number of hydrogen-bond donors (Lipinski definition) is 1. The summed E-state index contributed by atoms with van der Waals surface area (Å²) < 4.78 is 0. The predicted octanol–water partition coefficient (Wildman–Crippen LogP) is 2.11. The Morgan fingerprint density at radius 2 is 2.26 bits per heavy atom. The maximum Gasteiger partial charge on any atom is 0.272 e. The van der Waals surface area contributed by atoms with Crippen LogP contribution in [0.3, 0.4) is 0 Å². The lowest BCUT2D eigenvalue weighted by Gasteiger charge is -2.34. The van der Waals surface area contributed by atoms with E-state index in [9.17, 15) is 15.2 Å². The second kappa shape index (κ2) is 5.67. The zero-order chi connectivity index (χ0) is 14.0. The van der Waals surface area contributed by atoms with Gasteiger partial charge in [0.05, 0.1) is 11.0 Å². The summed E-state index contributed by atoms with van der Waals surface area (Å²) in [5.74, 6) is 0.257. The Hall–Kier alpha value is -1.46. The molecule has 1 aromatic carbocycles. The fourth-order valence-corrected chi connectivity index (χ4v) is 2.64. The van der Waals surface area contributed by atoms with Gasteiger partial charge in [0.1, 0.15) is 0 Å². The number of aliphatic hydroxyl groups excluding tert-OH is 1. The van der Waals surface area contributed by atoms with Crippen molar-refractivity contribution < 1.29 is 10.0 Å². The van der Waals surface area contributed by atoms with Gasteiger partial charge in [-0.3, -0.25) is 15.0 Å². The first-order valence-corrected chi connectivity index (χ1v) is 6.62. The molecule has 5 heteroatoms. The summed E-state index contributed by atoms with van der Waals surface area (Å²) in [5.41, 5.74) is 1.92. The van der Waals surface area contributed by atoms with Gasteiger partial charge in [0.2, 0.25) is 0 Å². The number of nitrogens with zero attached hydrogens (tertiary/aromatic N) is 2. The average Bonchev–Trinajstić information content (AvgIpc) is 2.36. The molecule has 0 spiro atoms. The number of benzene rings is 1. The molecule has 1 fully saturated rings. The molecule has 2 unspecified atom stereocenters. The Labute approximate surface area is 113 Å². The molecule has 0 aliphatic carbocycles. The van der Waals surface area contributed by atoms with Crippen LogP contribution >= 0.6 is 0 Å². The highest BCUT2D eigenvalue weighted by molar-refractivity contribution is 5.44. The number of hydrogen-bond acceptors (Lipinski definition) is 4. The summed E-state index contributed by atoms with van der Waals surface area (Å²) in [7, 11) is 0.